The van der Waals surface area contributed by atoms with E-state index in [-0.39, 0.29) is 13.9 Å². The average Bonchev–Trinajstić information content (AvgIpc) is 2.26. The lowest BCUT2D eigenvalue weighted by Gasteiger charge is -2.08. The van der Waals surface area contributed by atoms with E-state index in [1.165, 1.54) is 6.07 Å². The van der Waals surface area contributed by atoms with Crippen LogP contribution < -0.4 is 5.32 Å². The number of nitrogens with zero attached hydrogens (tertiary/aromatic N) is 1. The zero-order chi connectivity index (χ0) is 12.0. The Morgan fingerprint density at radius 2 is 2.38 bits per heavy atom. The van der Waals surface area contributed by atoms with Crippen LogP contribution in [0, 0.1) is 11.9 Å². The van der Waals surface area contributed by atoms with Gasteiger partial charge >= 0.3 is 0 Å². The molecule has 90 valence electrons. The molecule has 0 aliphatic carbocycles. The molecule has 16 heavy (non-hydrogen) atoms. The van der Waals surface area contributed by atoms with Crippen LogP contribution in [-0.2, 0) is 11.3 Å². The second-order valence-electron chi connectivity index (χ2n) is 3.95. The van der Waals surface area contributed by atoms with Gasteiger partial charge in [-0.3, -0.25) is 4.79 Å². The van der Waals surface area contributed by atoms with Gasteiger partial charge in [-0.1, -0.05) is 26.3 Å². The predicted molar refractivity (Wildman–Crippen MR) is 62.2 cm³/mol. The molecule has 0 aromatic carbocycles. The fourth-order valence-electron chi connectivity index (χ4n) is 1.27. The number of nitrogens with one attached hydrogen (secondary N) is 1. The van der Waals surface area contributed by atoms with Gasteiger partial charge in [0.2, 0.25) is 11.9 Å². The molecule has 1 atom stereocenters. The summed E-state index contributed by atoms with van der Waals surface area (Å²) in [5, 5.41) is 2.72. The number of pyridine rings is 1. The molecule has 1 amide bonds. The highest BCUT2D eigenvalue weighted by molar-refractivity contribution is 5.76. The van der Waals surface area contributed by atoms with Gasteiger partial charge in [0, 0.05) is 7.85 Å². The predicted octanol–water partition coefficient (Wildman–Crippen LogP) is 2.52. The molecule has 1 N–H and O–H groups in total. The van der Waals surface area contributed by atoms with Crippen LogP contribution in [0.3, 0.4) is 0 Å². The summed E-state index contributed by atoms with van der Waals surface area (Å²) in [4.78, 5) is 15.1. The molecule has 0 spiro atoms. The normalized spacial score (nSPS) is 12.2. The van der Waals surface area contributed by atoms with Crippen LogP contribution >= 0.6 is 0 Å². The molecule has 1 heterocycles. The largest absolute Gasteiger partial charge is 0.350 e. The molecular weight excluding hydrogens is 207 g/mol. The number of aromatic nitrogens is 1. The quantitative estimate of drug-likeness (QED) is 0.784. The molecular formula is C12H19FN2O. The molecule has 0 saturated carbocycles. The summed E-state index contributed by atoms with van der Waals surface area (Å²) in [5.41, 5.74) is 0.539. The molecule has 0 aliphatic rings. The molecule has 0 fully saturated rings. The van der Waals surface area contributed by atoms with Crippen LogP contribution in [0.2, 0.25) is 0 Å². The molecule has 1 unspecified atom stereocenters. The van der Waals surface area contributed by atoms with Gasteiger partial charge in [0.15, 0.2) is 0 Å². The summed E-state index contributed by atoms with van der Waals surface area (Å²) in [7, 11) is 0. The van der Waals surface area contributed by atoms with Crippen LogP contribution in [-0.4, -0.2) is 10.9 Å². The highest BCUT2D eigenvalue weighted by Crippen LogP contribution is 2.06. The standard InChI is InChI=1S/C12H17FN2O.H2/c1-3-9(2)7-12(16)14-8-10-5-4-6-11(13)15-10;/h4-6,9H,3,7-8H2,1-2H3,(H,14,16);1H. The Bertz CT molecular complexity index is 360. The van der Waals surface area contributed by atoms with Gasteiger partial charge in [0.1, 0.15) is 0 Å². The highest BCUT2D eigenvalue weighted by atomic mass is 19.1. The Kier molecular flexibility index (Phi) is 4.89. The monoisotopic (exact) mass is 226 g/mol. The van der Waals surface area contributed by atoms with Crippen LogP contribution in [0.5, 0.6) is 0 Å². The Labute approximate surface area is 96.6 Å². The Morgan fingerprint density at radius 3 is 3.00 bits per heavy atom. The first-order chi connectivity index (χ1) is 7.61. The minimum atomic E-state index is -0.520. The third-order valence-electron chi connectivity index (χ3n) is 2.47. The fourth-order valence-corrected chi connectivity index (χ4v) is 1.27. The number of hydrogen-bond acceptors (Lipinski definition) is 2. The maximum atomic E-state index is 12.7. The van der Waals surface area contributed by atoms with Crippen LogP contribution in [0.4, 0.5) is 4.39 Å². The fraction of sp³-hybridized carbons (Fsp3) is 0.500. The van der Waals surface area contributed by atoms with Gasteiger partial charge in [0.25, 0.3) is 0 Å². The Hall–Kier alpha value is -1.45. The first-order valence-electron chi connectivity index (χ1n) is 5.50. The van der Waals surface area contributed by atoms with Crippen molar-refractivity contribution in [1.82, 2.24) is 10.3 Å². The first kappa shape index (κ1) is 12.6. The van der Waals surface area contributed by atoms with Gasteiger partial charge in [-0.05, 0) is 18.1 Å². The number of carbonyl (C=O) groups is 1. The molecule has 0 aliphatic heterocycles. The minimum Gasteiger partial charge on any atom is -0.350 e. The molecule has 0 saturated heterocycles. The summed E-state index contributed by atoms with van der Waals surface area (Å²) >= 11 is 0. The summed E-state index contributed by atoms with van der Waals surface area (Å²) in [6.45, 7) is 4.36. The van der Waals surface area contributed by atoms with Crippen molar-refractivity contribution in [1.29, 1.82) is 0 Å². The maximum absolute atomic E-state index is 12.7. The van der Waals surface area contributed by atoms with E-state index in [0.29, 0.717) is 18.0 Å². The molecule has 1 aromatic heterocycles. The lowest BCUT2D eigenvalue weighted by molar-refractivity contribution is -0.122. The topological polar surface area (TPSA) is 42.0 Å². The zero-order valence-electron chi connectivity index (χ0n) is 9.66. The van der Waals surface area contributed by atoms with E-state index in [4.69, 9.17) is 0 Å². The van der Waals surface area contributed by atoms with E-state index < -0.39 is 5.95 Å². The van der Waals surface area contributed by atoms with E-state index >= 15 is 0 Å². The molecule has 1 rings (SSSR count). The molecule has 0 radical (unpaired) electrons. The lowest BCUT2D eigenvalue weighted by Crippen LogP contribution is -2.24. The zero-order valence-corrected chi connectivity index (χ0v) is 9.66. The van der Waals surface area contributed by atoms with E-state index in [0.717, 1.165) is 6.42 Å². The molecule has 1 aromatic rings. The van der Waals surface area contributed by atoms with Gasteiger partial charge < -0.3 is 5.32 Å². The highest BCUT2D eigenvalue weighted by Gasteiger charge is 2.07. The van der Waals surface area contributed by atoms with Gasteiger partial charge in [-0.2, -0.15) is 4.39 Å². The second kappa shape index (κ2) is 6.20. The maximum Gasteiger partial charge on any atom is 0.220 e. The number of hydrogen-bond donors (Lipinski definition) is 1. The number of amides is 1. The van der Waals surface area contributed by atoms with E-state index in [1.807, 2.05) is 13.8 Å². The number of carbonyl (C=O) groups excluding carboxylic acids is 1. The SMILES string of the molecule is CCC(C)CC(=O)NCc1cccc(F)n1.[HH]. The van der Waals surface area contributed by atoms with Crippen molar-refractivity contribution in [2.24, 2.45) is 5.92 Å². The van der Waals surface area contributed by atoms with Crippen molar-refractivity contribution in [2.45, 2.75) is 33.2 Å². The molecule has 0 bridgehead atoms. The third kappa shape index (κ3) is 4.38. The van der Waals surface area contributed by atoms with E-state index in [1.54, 1.807) is 12.1 Å². The summed E-state index contributed by atoms with van der Waals surface area (Å²) < 4.78 is 12.7. The average molecular weight is 226 g/mol. The molecule has 3 nitrogen and oxygen atoms in total. The van der Waals surface area contributed by atoms with Crippen molar-refractivity contribution < 1.29 is 10.6 Å². The van der Waals surface area contributed by atoms with Crippen LogP contribution in [0.25, 0.3) is 0 Å². The van der Waals surface area contributed by atoms with Gasteiger partial charge in [-0.15, -0.1) is 0 Å². The van der Waals surface area contributed by atoms with Crippen LogP contribution in [0.15, 0.2) is 18.2 Å². The summed E-state index contributed by atoms with van der Waals surface area (Å²) in [6, 6.07) is 4.55. The van der Waals surface area contributed by atoms with E-state index in [2.05, 4.69) is 10.3 Å². The van der Waals surface area contributed by atoms with Crippen molar-refractivity contribution in [3.8, 4) is 0 Å². The van der Waals surface area contributed by atoms with Crippen molar-refractivity contribution >= 4 is 5.91 Å². The Morgan fingerprint density at radius 1 is 1.62 bits per heavy atom. The van der Waals surface area contributed by atoms with Gasteiger partial charge in [0.05, 0.1) is 12.2 Å². The number of rotatable bonds is 5. The first-order valence-corrected chi connectivity index (χ1v) is 5.50. The molecule has 4 heteroatoms. The third-order valence-corrected chi connectivity index (χ3v) is 2.47. The summed E-state index contributed by atoms with van der Waals surface area (Å²) in [5.74, 6) is -0.158. The van der Waals surface area contributed by atoms with Crippen LogP contribution in [0.1, 0.15) is 33.8 Å². The number of halogens is 1. The summed E-state index contributed by atoms with van der Waals surface area (Å²) in [6.07, 6.45) is 1.48. The minimum absolute atomic E-state index is 0. The van der Waals surface area contributed by atoms with Crippen molar-refractivity contribution in [2.75, 3.05) is 0 Å². The van der Waals surface area contributed by atoms with Crippen molar-refractivity contribution in [3.05, 3.63) is 29.8 Å². The van der Waals surface area contributed by atoms with E-state index in [9.17, 15) is 9.18 Å². The Balaban J connectivity index is 0.00000256. The van der Waals surface area contributed by atoms with Crippen molar-refractivity contribution in [3.63, 3.8) is 0 Å². The smallest absolute Gasteiger partial charge is 0.220 e. The van der Waals surface area contributed by atoms with Gasteiger partial charge in [-0.25, -0.2) is 4.98 Å². The lowest BCUT2D eigenvalue weighted by atomic mass is 10.1. The second-order valence-corrected chi connectivity index (χ2v) is 3.95.